The van der Waals surface area contributed by atoms with E-state index in [0.717, 1.165) is 45.7 Å². The molecule has 0 aliphatic heterocycles. The molecule has 5 heteroatoms. The van der Waals surface area contributed by atoms with Crippen molar-refractivity contribution < 1.29 is 9.18 Å². The lowest BCUT2D eigenvalue weighted by molar-refractivity contribution is -0.124. The van der Waals surface area contributed by atoms with E-state index in [2.05, 4.69) is 16.4 Å². The molecule has 4 rings (SSSR count). The predicted octanol–water partition coefficient (Wildman–Crippen LogP) is 5.37. The normalized spacial score (nSPS) is 14.7. The van der Waals surface area contributed by atoms with E-state index in [9.17, 15) is 9.18 Å². The Hall–Kier alpha value is -2.27. The summed E-state index contributed by atoms with van der Waals surface area (Å²) >= 11 is 1.73. The summed E-state index contributed by atoms with van der Waals surface area (Å²) in [6.07, 6.45) is 4.39. The zero-order valence-corrected chi connectivity index (χ0v) is 15.9. The Labute approximate surface area is 162 Å². The smallest absolute Gasteiger partial charge is 0.223 e. The lowest BCUT2D eigenvalue weighted by Crippen LogP contribution is -2.30. The van der Waals surface area contributed by atoms with Gasteiger partial charge in [-0.15, -0.1) is 11.8 Å². The maximum absolute atomic E-state index is 13.3. The molecule has 1 fully saturated rings. The minimum Gasteiger partial charge on any atom is -0.355 e. The van der Waals surface area contributed by atoms with E-state index in [1.807, 2.05) is 18.2 Å². The molecule has 3 aromatic rings. The van der Waals surface area contributed by atoms with Crippen LogP contribution in [0.3, 0.4) is 0 Å². The van der Waals surface area contributed by atoms with Gasteiger partial charge in [-0.25, -0.2) is 4.39 Å². The van der Waals surface area contributed by atoms with E-state index in [1.54, 1.807) is 23.9 Å². The summed E-state index contributed by atoms with van der Waals surface area (Å²) in [6, 6.07) is 14.7. The van der Waals surface area contributed by atoms with Crippen LogP contribution in [-0.2, 0) is 4.79 Å². The number of carbonyl (C=O) groups excluding carboxylic acids is 1. The van der Waals surface area contributed by atoms with Crippen LogP contribution in [0.25, 0.3) is 22.2 Å². The second-order valence-electron chi connectivity index (χ2n) is 7.00. The Morgan fingerprint density at radius 3 is 2.63 bits per heavy atom. The summed E-state index contributed by atoms with van der Waals surface area (Å²) in [5.74, 6) is 0.969. The number of para-hydroxylation sites is 1. The van der Waals surface area contributed by atoms with Crippen LogP contribution in [0, 0.1) is 11.7 Å². The number of hydrogen-bond donors (Lipinski definition) is 2. The van der Waals surface area contributed by atoms with Gasteiger partial charge in [0.05, 0.1) is 5.69 Å². The van der Waals surface area contributed by atoms with Gasteiger partial charge >= 0.3 is 0 Å². The zero-order chi connectivity index (χ0) is 18.6. The molecule has 0 spiro atoms. The summed E-state index contributed by atoms with van der Waals surface area (Å²) in [4.78, 5) is 16.8. The summed E-state index contributed by atoms with van der Waals surface area (Å²) < 4.78 is 13.3. The molecule has 0 bridgehead atoms. The van der Waals surface area contributed by atoms with Crippen molar-refractivity contribution in [2.75, 3.05) is 12.3 Å². The Bertz CT molecular complexity index is 929. The highest BCUT2D eigenvalue weighted by Gasteiger charge is 2.22. The number of H-pyrrole nitrogens is 1. The van der Waals surface area contributed by atoms with Gasteiger partial charge in [-0.1, -0.05) is 31.0 Å². The highest BCUT2D eigenvalue weighted by molar-refractivity contribution is 7.99. The third-order valence-corrected chi connectivity index (χ3v) is 6.29. The molecule has 2 aromatic carbocycles. The number of carbonyl (C=O) groups is 1. The van der Waals surface area contributed by atoms with Crippen LogP contribution >= 0.6 is 11.8 Å². The van der Waals surface area contributed by atoms with E-state index in [1.165, 1.54) is 25.0 Å². The molecule has 1 aliphatic rings. The molecule has 27 heavy (non-hydrogen) atoms. The first kappa shape index (κ1) is 18.1. The van der Waals surface area contributed by atoms with Gasteiger partial charge in [-0.2, -0.15) is 0 Å². The summed E-state index contributed by atoms with van der Waals surface area (Å²) in [6.45, 7) is 0.655. The van der Waals surface area contributed by atoms with Crippen LogP contribution in [0.5, 0.6) is 0 Å². The predicted molar refractivity (Wildman–Crippen MR) is 109 cm³/mol. The first-order chi connectivity index (χ1) is 13.2. The van der Waals surface area contributed by atoms with Crippen LogP contribution in [0.1, 0.15) is 25.7 Å². The molecule has 0 saturated heterocycles. The molecule has 1 aliphatic carbocycles. The first-order valence-electron chi connectivity index (χ1n) is 9.49. The quantitative estimate of drug-likeness (QED) is 0.444. The van der Waals surface area contributed by atoms with Crippen LogP contribution in [-0.4, -0.2) is 23.2 Å². The van der Waals surface area contributed by atoms with E-state index < -0.39 is 0 Å². The van der Waals surface area contributed by atoms with Crippen LogP contribution < -0.4 is 5.32 Å². The van der Waals surface area contributed by atoms with Crippen molar-refractivity contribution >= 4 is 28.6 Å². The molecule has 2 N–H and O–H groups in total. The maximum atomic E-state index is 13.3. The maximum Gasteiger partial charge on any atom is 0.223 e. The highest BCUT2D eigenvalue weighted by atomic mass is 32.2. The van der Waals surface area contributed by atoms with Gasteiger partial charge in [-0.3, -0.25) is 4.79 Å². The molecule has 140 valence electrons. The van der Waals surface area contributed by atoms with E-state index in [0.29, 0.717) is 6.54 Å². The lowest BCUT2D eigenvalue weighted by Gasteiger charge is -2.10. The topological polar surface area (TPSA) is 44.9 Å². The zero-order valence-electron chi connectivity index (χ0n) is 15.1. The van der Waals surface area contributed by atoms with Crippen molar-refractivity contribution in [1.82, 2.24) is 10.3 Å². The number of amides is 1. The van der Waals surface area contributed by atoms with Gasteiger partial charge in [0.25, 0.3) is 0 Å². The number of aromatic nitrogens is 1. The number of nitrogens with one attached hydrogen (secondary N) is 2. The summed E-state index contributed by atoms with van der Waals surface area (Å²) in [5, 5.41) is 4.24. The standard InChI is InChI=1S/C22H23FN2OS/c23-17-11-9-15(10-12-17)20-21(18-7-3-4-8-19(18)25-20)27-14-13-24-22(26)16-5-1-2-6-16/h3-4,7-12,16,25H,1-2,5-6,13-14H2,(H,24,26). The number of halogens is 1. The van der Waals surface area contributed by atoms with E-state index in [4.69, 9.17) is 0 Å². The molecule has 0 radical (unpaired) electrons. The summed E-state index contributed by atoms with van der Waals surface area (Å²) in [7, 11) is 0. The molecule has 3 nitrogen and oxygen atoms in total. The van der Waals surface area contributed by atoms with Crippen molar-refractivity contribution in [2.24, 2.45) is 5.92 Å². The van der Waals surface area contributed by atoms with Crippen molar-refractivity contribution in [3.05, 3.63) is 54.3 Å². The average molecular weight is 383 g/mol. The SMILES string of the molecule is O=C(NCCSc1c(-c2ccc(F)cc2)[nH]c2ccccc12)C1CCCC1. The third-order valence-electron chi connectivity index (χ3n) is 5.16. The monoisotopic (exact) mass is 382 g/mol. The Morgan fingerprint density at radius 1 is 1.11 bits per heavy atom. The number of aromatic amines is 1. The van der Waals surface area contributed by atoms with Gasteiger partial charge < -0.3 is 10.3 Å². The fourth-order valence-electron chi connectivity index (χ4n) is 3.75. The second-order valence-corrected chi connectivity index (χ2v) is 8.11. The lowest BCUT2D eigenvalue weighted by atomic mass is 10.1. The van der Waals surface area contributed by atoms with E-state index in [-0.39, 0.29) is 17.6 Å². The van der Waals surface area contributed by atoms with Crippen molar-refractivity contribution in [2.45, 2.75) is 30.6 Å². The van der Waals surface area contributed by atoms with Crippen molar-refractivity contribution in [3.8, 4) is 11.3 Å². The van der Waals surface area contributed by atoms with Crippen molar-refractivity contribution in [1.29, 1.82) is 0 Å². The fourth-order valence-corrected chi connectivity index (χ4v) is 4.80. The van der Waals surface area contributed by atoms with Gasteiger partial charge in [0.2, 0.25) is 5.91 Å². The number of fused-ring (bicyclic) bond motifs is 1. The van der Waals surface area contributed by atoms with Gasteiger partial charge in [0.15, 0.2) is 0 Å². The Balaban J connectivity index is 1.49. The van der Waals surface area contributed by atoms with Crippen LogP contribution in [0.2, 0.25) is 0 Å². The van der Waals surface area contributed by atoms with Crippen molar-refractivity contribution in [3.63, 3.8) is 0 Å². The van der Waals surface area contributed by atoms with Gasteiger partial charge in [0.1, 0.15) is 5.82 Å². The second kappa shape index (κ2) is 8.17. The van der Waals surface area contributed by atoms with Gasteiger partial charge in [0, 0.05) is 34.0 Å². The fraction of sp³-hybridized carbons (Fsp3) is 0.318. The largest absolute Gasteiger partial charge is 0.355 e. The first-order valence-corrected chi connectivity index (χ1v) is 10.5. The third kappa shape index (κ3) is 4.03. The molecular weight excluding hydrogens is 359 g/mol. The number of rotatable bonds is 6. The number of hydrogen-bond acceptors (Lipinski definition) is 2. The average Bonchev–Trinajstić information content (AvgIpc) is 3.34. The van der Waals surface area contributed by atoms with Crippen LogP contribution in [0.4, 0.5) is 4.39 Å². The molecule has 1 amide bonds. The van der Waals surface area contributed by atoms with Crippen LogP contribution in [0.15, 0.2) is 53.4 Å². The summed E-state index contributed by atoms with van der Waals surface area (Å²) in [5.41, 5.74) is 3.03. The minimum absolute atomic E-state index is 0.200. The Morgan fingerprint density at radius 2 is 1.85 bits per heavy atom. The van der Waals surface area contributed by atoms with E-state index >= 15 is 0 Å². The number of thioether (sulfide) groups is 1. The highest BCUT2D eigenvalue weighted by Crippen LogP contribution is 2.37. The molecule has 0 atom stereocenters. The molecular formula is C22H23FN2OS. The molecule has 0 unspecified atom stereocenters. The van der Waals surface area contributed by atoms with Gasteiger partial charge in [-0.05, 0) is 48.7 Å². The number of benzene rings is 2. The molecule has 1 aromatic heterocycles. The Kier molecular flexibility index (Phi) is 5.48. The molecule has 1 saturated carbocycles. The minimum atomic E-state index is -0.237. The molecule has 1 heterocycles.